The van der Waals surface area contributed by atoms with E-state index in [1.54, 1.807) is 30.3 Å². The van der Waals surface area contributed by atoms with Gasteiger partial charge < -0.3 is 19.6 Å². The van der Waals surface area contributed by atoms with Crippen molar-refractivity contribution in [2.75, 3.05) is 33.8 Å². The van der Waals surface area contributed by atoms with Gasteiger partial charge in [0.25, 0.3) is 11.7 Å². The molecule has 0 radical (unpaired) electrons. The molecule has 2 aromatic carbocycles. The Morgan fingerprint density at radius 3 is 2.57 bits per heavy atom. The molecule has 30 heavy (non-hydrogen) atoms. The molecule has 0 spiro atoms. The van der Waals surface area contributed by atoms with Crippen molar-refractivity contribution >= 4 is 17.4 Å². The molecular weight excluding hydrogens is 387 g/mol. The van der Waals surface area contributed by atoms with Crippen LogP contribution in [0.15, 0.2) is 54.1 Å². The van der Waals surface area contributed by atoms with Crippen LogP contribution >= 0.6 is 0 Å². The van der Waals surface area contributed by atoms with Crippen molar-refractivity contribution in [3.8, 4) is 5.75 Å². The Kier molecular flexibility index (Phi) is 6.52. The number of ketones is 1. The van der Waals surface area contributed by atoms with Gasteiger partial charge in [-0.05, 0) is 39.2 Å². The zero-order valence-corrected chi connectivity index (χ0v) is 17.3. The fourth-order valence-corrected chi connectivity index (χ4v) is 3.49. The quantitative estimate of drug-likeness (QED) is 0.430. The molecule has 1 saturated heterocycles. The number of carbonyl (C=O) groups is 2. The number of likely N-dealkylation sites (tertiary alicyclic amines) is 1. The Hall–Kier alpha value is -3.19. The second-order valence-corrected chi connectivity index (χ2v) is 7.28. The molecule has 0 aliphatic carbocycles. The fraction of sp³-hybridized carbons (Fsp3) is 0.304. The summed E-state index contributed by atoms with van der Waals surface area (Å²) >= 11 is 0. The number of aliphatic hydroxyl groups is 1. The number of rotatable bonds is 7. The maximum atomic E-state index is 14.7. The van der Waals surface area contributed by atoms with E-state index >= 15 is 0 Å². The summed E-state index contributed by atoms with van der Waals surface area (Å²) < 4.78 is 20.2. The van der Waals surface area contributed by atoms with Gasteiger partial charge in [0.05, 0.1) is 18.2 Å². The zero-order valence-electron chi connectivity index (χ0n) is 17.3. The Labute approximate surface area is 175 Å². The van der Waals surface area contributed by atoms with Crippen molar-refractivity contribution in [2.45, 2.75) is 13.0 Å². The number of amides is 1. The molecule has 1 fully saturated rings. The van der Waals surface area contributed by atoms with Gasteiger partial charge in [0.1, 0.15) is 17.3 Å². The van der Waals surface area contributed by atoms with Crippen LogP contribution < -0.4 is 4.74 Å². The smallest absolute Gasteiger partial charge is 0.295 e. The van der Waals surface area contributed by atoms with Crippen LogP contribution in [0, 0.1) is 5.82 Å². The average Bonchev–Trinajstić information content (AvgIpc) is 2.97. The second-order valence-electron chi connectivity index (χ2n) is 7.28. The van der Waals surface area contributed by atoms with Gasteiger partial charge in [-0.25, -0.2) is 4.39 Å². The highest BCUT2D eigenvalue weighted by Gasteiger charge is 2.46. The highest BCUT2D eigenvalue weighted by molar-refractivity contribution is 6.46. The molecule has 1 N–H and O–H groups in total. The third kappa shape index (κ3) is 4.21. The first kappa shape index (κ1) is 21.5. The van der Waals surface area contributed by atoms with Gasteiger partial charge in [-0.1, -0.05) is 30.3 Å². The first-order chi connectivity index (χ1) is 14.3. The minimum atomic E-state index is -1.01. The molecule has 0 bridgehead atoms. The first-order valence-electron chi connectivity index (χ1n) is 9.76. The molecule has 1 atom stereocenters. The van der Waals surface area contributed by atoms with Gasteiger partial charge in [-0.2, -0.15) is 0 Å². The van der Waals surface area contributed by atoms with E-state index in [0.29, 0.717) is 24.5 Å². The van der Waals surface area contributed by atoms with Gasteiger partial charge in [0.15, 0.2) is 0 Å². The van der Waals surface area contributed by atoms with Crippen LogP contribution in [0.1, 0.15) is 24.1 Å². The van der Waals surface area contributed by atoms with Crippen LogP contribution in [0.4, 0.5) is 4.39 Å². The number of hydrogen-bond acceptors (Lipinski definition) is 5. The lowest BCUT2D eigenvalue weighted by Crippen LogP contribution is -2.35. The van der Waals surface area contributed by atoms with Crippen LogP contribution in [0.3, 0.4) is 0 Å². The van der Waals surface area contributed by atoms with Gasteiger partial charge >= 0.3 is 0 Å². The molecule has 1 heterocycles. The summed E-state index contributed by atoms with van der Waals surface area (Å²) in [5.41, 5.74) is 0.364. The SMILES string of the molecule is CCOc1cccc(/C(O)=C2/C(=O)C(=O)N(CCN(C)C)C2c2ccccc2F)c1. The van der Waals surface area contributed by atoms with Crippen molar-refractivity contribution in [2.24, 2.45) is 0 Å². The molecule has 7 heteroatoms. The van der Waals surface area contributed by atoms with Crippen molar-refractivity contribution in [1.82, 2.24) is 9.80 Å². The third-order valence-corrected chi connectivity index (χ3v) is 4.95. The molecule has 1 unspecified atom stereocenters. The van der Waals surface area contributed by atoms with E-state index in [2.05, 4.69) is 0 Å². The average molecular weight is 412 g/mol. The van der Waals surface area contributed by atoms with Crippen LogP contribution in [-0.4, -0.2) is 60.4 Å². The molecule has 0 saturated carbocycles. The summed E-state index contributed by atoms with van der Waals surface area (Å²) in [4.78, 5) is 28.9. The van der Waals surface area contributed by atoms with Crippen molar-refractivity contribution in [1.29, 1.82) is 0 Å². The standard InChI is InChI=1S/C23H25FN2O4/c1-4-30-16-9-7-8-15(14-16)21(27)19-20(17-10-5-6-11-18(17)24)26(13-12-25(2)3)23(29)22(19)28/h5-11,14,20,27H,4,12-13H2,1-3H3/b21-19-. The Balaban J connectivity index is 2.15. The first-order valence-corrected chi connectivity index (χ1v) is 9.76. The lowest BCUT2D eigenvalue weighted by Gasteiger charge is -2.26. The molecule has 1 amide bonds. The van der Waals surface area contributed by atoms with Crippen molar-refractivity contribution in [3.05, 3.63) is 71.0 Å². The van der Waals surface area contributed by atoms with Crippen LogP contribution in [0.25, 0.3) is 5.76 Å². The molecule has 6 nitrogen and oxygen atoms in total. The Morgan fingerprint density at radius 1 is 1.17 bits per heavy atom. The molecule has 1 aliphatic heterocycles. The Bertz CT molecular complexity index is 987. The van der Waals surface area contributed by atoms with Crippen LogP contribution in [0.2, 0.25) is 0 Å². The highest BCUT2D eigenvalue weighted by Crippen LogP contribution is 2.40. The third-order valence-electron chi connectivity index (χ3n) is 4.95. The summed E-state index contributed by atoms with van der Waals surface area (Å²) in [6, 6.07) is 11.6. The number of halogens is 1. The van der Waals surface area contributed by atoms with Gasteiger partial charge in [0, 0.05) is 24.2 Å². The summed E-state index contributed by atoms with van der Waals surface area (Å²) in [5.74, 6) is -1.97. The monoisotopic (exact) mass is 412 g/mol. The van der Waals surface area contributed by atoms with E-state index in [1.165, 1.54) is 23.1 Å². The van der Waals surface area contributed by atoms with E-state index in [4.69, 9.17) is 4.74 Å². The second kappa shape index (κ2) is 9.09. The number of nitrogens with zero attached hydrogens (tertiary/aromatic N) is 2. The van der Waals surface area contributed by atoms with E-state index in [-0.39, 0.29) is 23.4 Å². The Morgan fingerprint density at radius 2 is 1.90 bits per heavy atom. The largest absolute Gasteiger partial charge is 0.507 e. The van der Waals surface area contributed by atoms with Crippen LogP contribution in [0.5, 0.6) is 5.75 Å². The van der Waals surface area contributed by atoms with Crippen LogP contribution in [-0.2, 0) is 9.59 Å². The molecule has 0 aromatic heterocycles. The number of likely N-dealkylation sites (N-methyl/N-ethyl adjacent to an activating group) is 1. The maximum absolute atomic E-state index is 14.7. The molecule has 158 valence electrons. The van der Waals surface area contributed by atoms with E-state index < -0.39 is 23.5 Å². The number of hydrogen-bond donors (Lipinski definition) is 1. The lowest BCUT2D eigenvalue weighted by atomic mass is 9.95. The number of Topliss-reactive ketones (excluding diaryl/α,β-unsaturated/α-hetero) is 1. The minimum Gasteiger partial charge on any atom is -0.507 e. The van der Waals surface area contributed by atoms with E-state index in [1.807, 2.05) is 25.9 Å². The predicted octanol–water partition coefficient (Wildman–Crippen LogP) is 3.21. The topological polar surface area (TPSA) is 70.1 Å². The predicted molar refractivity (Wildman–Crippen MR) is 112 cm³/mol. The summed E-state index contributed by atoms with van der Waals surface area (Å²) in [6.45, 7) is 2.97. The van der Waals surface area contributed by atoms with Gasteiger partial charge in [-0.3, -0.25) is 9.59 Å². The number of ether oxygens (including phenoxy) is 1. The highest BCUT2D eigenvalue weighted by atomic mass is 19.1. The van der Waals surface area contributed by atoms with E-state index in [9.17, 15) is 19.1 Å². The number of aliphatic hydroxyl groups excluding tert-OH is 1. The number of carbonyl (C=O) groups excluding carboxylic acids is 2. The maximum Gasteiger partial charge on any atom is 0.295 e. The van der Waals surface area contributed by atoms with Gasteiger partial charge in [-0.15, -0.1) is 0 Å². The lowest BCUT2D eigenvalue weighted by molar-refractivity contribution is -0.140. The zero-order chi connectivity index (χ0) is 21.8. The van der Waals surface area contributed by atoms with E-state index in [0.717, 1.165) is 0 Å². The fourth-order valence-electron chi connectivity index (χ4n) is 3.49. The summed E-state index contributed by atoms with van der Waals surface area (Å²) in [7, 11) is 3.68. The minimum absolute atomic E-state index is 0.127. The molecule has 1 aliphatic rings. The van der Waals surface area contributed by atoms with Crippen molar-refractivity contribution in [3.63, 3.8) is 0 Å². The molecule has 3 rings (SSSR count). The normalized spacial score (nSPS) is 18.3. The van der Waals surface area contributed by atoms with Crippen molar-refractivity contribution < 1.29 is 23.8 Å². The summed E-state index contributed by atoms with van der Waals surface area (Å²) in [5, 5.41) is 11.0. The molecular formula is C23H25FN2O4. The molecule has 2 aromatic rings. The van der Waals surface area contributed by atoms with Gasteiger partial charge in [0.2, 0.25) is 0 Å². The number of benzene rings is 2. The summed E-state index contributed by atoms with van der Waals surface area (Å²) in [6.07, 6.45) is 0.